The van der Waals surface area contributed by atoms with E-state index < -0.39 is 4.92 Å². The van der Waals surface area contributed by atoms with E-state index in [0.29, 0.717) is 6.54 Å². The summed E-state index contributed by atoms with van der Waals surface area (Å²) in [6.45, 7) is 5.51. The summed E-state index contributed by atoms with van der Waals surface area (Å²) >= 11 is 0. The second-order valence-electron chi connectivity index (χ2n) is 3.66. The maximum absolute atomic E-state index is 10.4. The first-order valence-corrected chi connectivity index (χ1v) is 5.22. The molecule has 1 aromatic heterocycles. The van der Waals surface area contributed by atoms with Gasteiger partial charge in [0, 0.05) is 37.8 Å². The fourth-order valence-electron chi connectivity index (χ4n) is 1.65. The smallest absolute Gasteiger partial charge is 0.390 e. The molecule has 0 saturated carbocycles. The summed E-state index contributed by atoms with van der Waals surface area (Å²) in [6, 6.07) is 0. The van der Waals surface area contributed by atoms with Crippen LogP contribution in [0.4, 0.5) is 5.95 Å². The summed E-state index contributed by atoms with van der Waals surface area (Å²) in [5, 5.41) is 17.4. The molecule has 8 nitrogen and oxygen atoms in total. The van der Waals surface area contributed by atoms with Crippen molar-refractivity contribution in [2.45, 2.75) is 6.54 Å². The Labute approximate surface area is 92.4 Å². The van der Waals surface area contributed by atoms with Crippen molar-refractivity contribution in [1.82, 2.24) is 25.0 Å². The number of hydrogen-bond donors (Lipinski definition) is 1. The number of nitrogens with one attached hydrogen (secondary N) is 1. The van der Waals surface area contributed by atoms with Crippen LogP contribution in [0.25, 0.3) is 0 Å². The van der Waals surface area contributed by atoms with Gasteiger partial charge in [-0.2, -0.15) is 4.68 Å². The fourth-order valence-corrected chi connectivity index (χ4v) is 1.65. The van der Waals surface area contributed by atoms with Gasteiger partial charge in [0.15, 0.2) is 0 Å². The van der Waals surface area contributed by atoms with Crippen LogP contribution < -0.4 is 5.32 Å². The highest BCUT2D eigenvalue weighted by Gasteiger charge is 2.14. The van der Waals surface area contributed by atoms with Crippen LogP contribution in [0.5, 0.6) is 0 Å². The highest BCUT2D eigenvalue weighted by molar-refractivity contribution is 4.96. The number of hydrogen-bond acceptors (Lipinski definition) is 6. The molecule has 2 heterocycles. The molecule has 1 saturated heterocycles. The molecule has 88 valence electrons. The van der Waals surface area contributed by atoms with Gasteiger partial charge in [-0.05, 0) is 4.92 Å². The molecule has 0 atom stereocenters. The average Bonchev–Trinajstić information content (AvgIpc) is 2.76. The van der Waals surface area contributed by atoms with Crippen LogP contribution in [0, 0.1) is 10.1 Å². The standard InChI is InChI=1S/C8H14N6O2/c15-14(16)8-10-7-13(11-8)6-5-12-3-1-9-2-4-12/h7,9H,1-6H2. The van der Waals surface area contributed by atoms with Crippen LogP contribution in [0.15, 0.2) is 6.33 Å². The van der Waals surface area contributed by atoms with Crippen LogP contribution in [0.1, 0.15) is 0 Å². The van der Waals surface area contributed by atoms with E-state index >= 15 is 0 Å². The lowest BCUT2D eigenvalue weighted by molar-refractivity contribution is -0.394. The highest BCUT2D eigenvalue weighted by atomic mass is 16.6. The summed E-state index contributed by atoms with van der Waals surface area (Å²) < 4.78 is 1.51. The molecule has 0 aromatic carbocycles. The van der Waals surface area contributed by atoms with Crippen molar-refractivity contribution in [3.8, 4) is 0 Å². The van der Waals surface area contributed by atoms with Crippen molar-refractivity contribution >= 4 is 5.95 Å². The van der Waals surface area contributed by atoms with Gasteiger partial charge in [0.25, 0.3) is 0 Å². The minimum Gasteiger partial charge on any atom is -0.390 e. The van der Waals surface area contributed by atoms with Gasteiger partial charge in [0.1, 0.15) is 0 Å². The van der Waals surface area contributed by atoms with Gasteiger partial charge in [-0.25, -0.2) is 0 Å². The van der Waals surface area contributed by atoms with E-state index in [-0.39, 0.29) is 5.95 Å². The number of aromatic nitrogens is 3. The van der Waals surface area contributed by atoms with E-state index in [0.717, 1.165) is 32.7 Å². The zero-order valence-corrected chi connectivity index (χ0v) is 8.87. The van der Waals surface area contributed by atoms with Crippen LogP contribution in [0.3, 0.4) is 0 Å². The maximum atomic E-state index is 10.4. The summed E-state index contributed by atoms with van der Waals surface area (Å²) in [5.41, 5.74) is 0. The number of nitrogens with zero attached hydrogens (tertiary/aromatic N) is 5. The van der Waals surface area contributed by atoms with Crippen molar-refractivity contribution in [2.75, 3.05) is 32.7 Å². The Morgan fingerprint density at radius 1 is 1.44 bits per heavy atom. The molecule has 1 fully saturated rings. The predicted octanol–water partition coefficient (Wildman–Crippen LogP) is -0.908. The molecule has 2 rings (SSSR count). The maximum Gasteiger partial charge on any atom is 0.490 e. The third-order valence-corrected chi connectivity index (χ3v) is 2.54. The first kappa shape index (κ1) is 11.0. The first-order valence-electron chi connectivity index (χ1n) is 5.22. The van der Waals surface area contributed by atoms with E-state index in [1.165, 1.54) is 11.0 Å². The Kier molecular flexibility index (Phi) is 3.42. The second kappa shape index (κ2) is 4.99. The Bertz CT molecular complexity index is 359. The molecule has 0 bridgehead atoms. The molecule has 1 aromatic rings. The molecule has 1 N–H and O–H groups in total. The van der Waals surface area contributed by atoms with Crippen LogP contribution in [0.2, 0.25) is 0 Å². The van der Waals surface area contributed by atoms with Gasteiger partial charge in [0.2, 0.25) is 6.33 Å². The number of nitro groups is 1. The van der Waals surface area contributed by atoms with Gasteiger partial charge < -0.3 is 15.4 Å². The number of rotatable bonds is 4. The monoisotopic (exact) mass is 226 g/mol. The molecule has 0 radical (unpaired) electrons. The summed E-state index contributed by atoms with van der Waals surface area (Å²) in [6.07, 6.45) is 1.40. The Morgan fingerprint density at radius 2 is 2.19 bits per heavy atom. The molecular formula is C8H14N6O2. The van der Waals surface area contributed by atoms with Gasteiger partial charge >= 0.3 is 5.95 Å². The molecular weight excluding hydrogens is 212 g/mol. The van der Waals surface area contributed by atoms with E-state index in [4.69, 9.17) is 0 Å². The fraction of sp³-hybridized carbons (Fsp3) is 0.750. The van der Waals surface area contributed by atoms with E-state index in [9.17, 15) is 10.1 Å². The summed E-state index contributed by atoms with van der Waals surface area (Å²) in [5.74, 6) is -0.333. The highest BCUT2D eigenvalue weighted by Crippen LogP contribution is 2.00. The summed E-state index contributed by atoms with van der Waals surface area (Å²) in [7, 11) is 0. The molecule has 0 spiro atoms. The number of piperazine rings is 1. The van der Waals surface area contributed by atoms with Crippen molar-refractivity contribution in [3.63, 3.8) is 0 Å². The zero-order valence-electron chi connectivity index (χ0n) is 8.87. The zero-order chi connectivity index (χ0) is 11.4. The minimum atomic E-state index is -0.582. The Hall–Kier alpha value is -1.54. The molecule has 1 aliphatic heterocycles. The predicted molar refractivity (Wildman–Crippen MR) is 56.0 cm³/mol. The Balaban J connectivity index is 1.81. The first-order chi connectivity index (χ1) is 7.75. The van der Waals surface area contributed by atoms with Crippen molar-refractivity contribution in [2.24, 2.45) is 0 Å². The van der Waals surface area contributed by atoms with Gasteiger partial charge in [-0.1, -0.05) is 4.98 Å². The largest absolute Gasteiger partial charge is 0.490 e. The van der Waals surface area contributed by atoms with E-state index in [1.54, 1.807) is 0 Å². The minimum absolute atomic E-state index is 0.333. The lowest BCUT2D eigenvalue weighted by Gasteiger charge is -2.26. The molecule has 16 heavy (non-hydrogen) atoms. The van der Waals surface area contributed by atoms with Gasteiger partial charge in [-0.3, -0.25) is 4.90 Å². The van der Waals surface area contributed by atoms with Gasteiger partial charge in [0.05, 0.1) is 6.54 Å². The van der Waals surface area contributed by atoms with Crippen molar-refractivity contribution in [1.29, 1.82) is 0 Å². The molecule has 0 unspecified atom stereocenters. The Morgan fingerprint density at radius 3 is 2.81 bits per heavy atom. The molecule has 0 aliphatic carbocycles. The van der Waals surface area contributed by atoms with Crippen LogP contribution in [-0.2, 0) is 6.54 Å². The lowest BCUT2D eigenvalue weighted by atomic mass is 10.3. The topological polar surface area (TPSA) is 89.1 Å². The SMILES string of the molecule is O=[N+]([O-])c1ncn(CCN2CCNCC2)n1. The van der Waals surface area contributed by atoms with E-state index in [1.807, 2.05) is 0 Å². The van der Waals surface area contributed by atoms with E-state index in [2.05, 4.69) is 20.3 Å². The second-order valence-corrected chi connectivity index (χ2v) is 3.66. The molecule has 0 amide bonds. The molecule has 8 heteroatoms. The van der Waals surface area contributed by atoms with Crippen molar-refractivity contribution < 1.29 is 4.92 Å². The average molecular weight is 226 g/mol. The summed E-state index contributed by atoms with van der Waals surface area (Å²) in [4.78, 5) is 15.7. The van der Waals surface area contributed by atoms with Crippen LogP contribution in [-0.4, -0.2) is 57.3 Å². The van der Waals surface area contributed by atoms with Gasteiger partial charge in [-0.15, -0.1) is 0 Å². The quantitative estimate of drug-likeness (QED) is 0.528. The van der Waals surface area contributed by atoms with Crippen molar-refractivity contribution in [3.05, 3.63) is 16.4 Å². The normalized spacial score (nSPS) is 17.5. The third-order valence-electron chi connectivity index (χ3n) is 2.54. The van der Waals surface area contributed by atoms with Crippen LogP contribution >= 0.6 is 0 Å². The third kappa shape index (κ3) is 2.74. The molecule has 1 aliphatic rings. The lowest BCUT2D eigenvalue weighted by Crippen LogP contribution is -2.44.